The Bertz CT molecular complexity index is 415. The number of carboxylic acid groups (broad SMARTS) is 1. The number of carboxylic acids is 1. The number of aliphatic carboxylic acids is 1. The Labute approximate surface area is 104 Å². The number of carbonyl (C=O) groups is 1. The van der Waals surface area contributed by atoms with E-state index in [-0.39, 0.29) is 27.9 Å². The summed E-state index contributed by atoms with van der Waals surface area (Å²) in [6.45, 7) is 0. The van der Waals surface area contributed by atoms with E-state index in [1.165, 1.54) is 0 Å². The zero-order valence-corrected chi connectivity index (χ0v) is 10.2. The van der Waals surface area contributed by atoms with Crippen molar-refractivity contribution in [1.29, 1.82) is 0 Å². The fourth-order valence-corrected chi connectivity index (χ4v) is 2.20. The molecule has 1 aromatic rings. The Morgan fingerprint density at radius 2 is 2.25 bits per heavy atom. The van der Waals surface area contributed by atoms with Crippen molar-refractivity contribution < 1.29 is 18.7 Å². The van der Waals surface area contributed by atoms with Gasteiger partial charge in [-0.1, -0.05) is 27.5 Å². The minimum atomic E-state index is -2.73. The third kappa shape index (κ3) is 2.89. The molecule has 0 bridgehead atoms. The molecule has 0 spiro atoms. The van der Waals surface area contributed by atoms with E-state index in [4.69, 9.17) is 16.7 Å². The van der Waals surface area contributed by atoms with Crippen molar-refractivity contribution in [1.82, 2.24) is 4.98 Å². The summed E-state index contributed by atoms with van der Waals surface area (Å²) < 4.78 is 25.1. The minimum absolute atomic E-state index is 0.0320. The summed E-state index contributed by atoms with van der Waals surface area (Å²) in [5, 5.41) is 8.72. The number of pyridine rings is 1. The summed E-state index contributed by atoms with van der Waals surface area (Å²) in [6.07, 6.45) is -2.00. The summed E-state index contributed by atoms with van der Waals surface area (Å²) in [4.78, 5) is 14.0. The van der Waals surface area contributed by atoms with Gasteiger partial charge in [0.15, 0.2) is 0 Å². The van der Waals surface area contributed by atoms with Crippen molar-refractivity contribution in [3.05, 3.63) is 28.0 Å². The van der Waals surface area contributed by atoms with Crippen molar-refractivity contribution >= 4 is 33.5 Å². The molecule has 0 saturated heterocycles. The van der Waals surface area contributed by atoms with E-state index < -0.39 is 18.1 Å². The molecule has 0 aliphatic carbocycles. The highest BCUT2D eigenvalue weighted by atomic mass is 79.9. The largest absolute Gasteiger partial charge is 0.481 e. The number of nitrogens with zero attached hydrogens (tertiary/aromatic N) is 1. The van der Waals surface area contributed by atoms with Crippen molar-refractivity contribution in [3.8, 4) is 0 Å². The fraction of sp³-hybridized carbons (Fsp3) is 0.333. The van der Waals surface area contributed by atoms with Crippen molar-refractivity contribution in [2.75, 3.05) is 0 Å². The van der Waals surface area contributed by atoms with Gasteiger partial charge in [0.05, 0.1) is 11.4 Å². The van der Waals surface area contributed by atoms with Crippen LogP contribution in [0, 0.1) is 0 Å². The highest BCUT2D eigenvalue weighted by molar-refractivity contribution is 9.08. The lowest BCUT2D eigenvalue weighted by Gasteiger charge is -2.10. The van der Waals surface area contributed by atoms with Gasteiger partial charge in [0.2, 0.25) is 0 Å². The Hall–Kier alpha value is -0.750. The predicted molar refractivity (Wildman–Crippen MR) is 58.2 cm³/mol. The Morgan fingerprint density at radius 1 is 1.62 bits per heavy atom. The minimum Gasteiger partial charge on any atom is -0.481 e. The highest BCUT2D eigenvalue weighted by Crippen LogP contribution is 2.30. The number of hydrogen-bond donors (Lipinski definition) is 1. The smallest absolute Gasteiger partial charge is 0.307 e. The molecule has 0 atom stereocenters. The average Bonchev–Trinajstić information content (AvgIpc) is 2.19. The molecule has 0 fully saturated rings. The molecule has 0 aliphatic rings. The van der Waals surface area contributed by atoms with E-state index in [9.17, 15) is 13.6 Å². The van der Waals surface area contributed by atoms with Gasteiger partial charge in [-0.3, -0.25) is 9.78 Å². The molecule has 0 unspecified atom stereocenters. The molecule has 88 valence electrons. The van der Waals surface area contributed by atoms with Crippen LogP contribution in [0.3, 0.4) is 0 Å². The van der Waals surface area contributed by atoms with E-state index in [0.717, 1.165) is 6.20 Å². The van der Waals surface area contributed by atoms with Gasteiger partial charge in [0.25, 0.3) is 6.43 Å². The lowest BCUT2D eigenvalue weighted by atomic mass is 10.1. The Kier molecular flexibility index (Phi) is 4.61. The summed E-state index contributed by atoms with van der Waals surface area (Å²) in [5.74, 6) is -1.09. The maximum atomic E-state index is 12.5. The van der Waals surface area contributed by atoms with E-state index in [0.29, 0.717) is 0 Å². The van der Waals surface area contributed by atoms with Crippen LogP contribution < -0.4 is 0 Å². The topological polar surface area (TPSA) is 50.2 Å². The van der Waals surface area contributed by atoms with E-state index >= 15 is 0 Å². The lowest BCUT2D eigenvalue weighted by Crippen LogP contribution is -2.06. The number of aromatic nitrogens is 1. The molecule has 1 rings (SSSR count). The molecule has 16 heavy (non-hydrogen) atoms. The standard InChI is InChI=1S/C9H7BrClF2NO2/c10-2-5-7(11)4(1-6(15)16)3-14-8(5)9(12)13/h3,9H,1-2H2,(H,15,16). The van der Waals surface area contributed by atoms with Crippen LogP contribution in [0.2, 0.25) is 5.02 Å². The van der Waals surface area contributed by atoms with Gasteiger partial charge in [0, 0.05) is 22.7 Å². The SMILES string of the molecule is O=C(O)Cc1cnc(C(F)F)c(CBr)c1Cl. The predicted octanol–water partition coefficient (Wildman–Crippen LogP) is 3.19. The van der Waals surface area contributed by atoms with Crippen LogP contribution in [0.5, 0.6) is 0 Å². The second-order valence-corrected chi connectivity index (χ2v) is 3.90. The van der Waals surface area contributed by atoms with Gasteiger partial charge in [0.1, 0.15) is 5.69 Å². The number of hydrogen-bond acceptors (Lipinski definition) is 2. The third-order valence-corrected chi connectivity index (χ3v) is 2.93. The van der Waals surface area contributed by atoms with Gasteiger partial charge in [-0.05, 0) is 0 Å². The molecule has 0 amide bonds. The summed E-state index contributed by atoms with van der Waals surface area (Å²) in [5.41, 5.74) is -0.0561. The third-order valence-electron chi connectivity index (χ3n) is 1.90. The van der Waals surface area contributed by atoms with Crippen LogP contribution in [-0.2, 0) is 16.5 Å². The molecule has 1 heterocycles. The fourth-order valence-electron chi connectivity index (χ4n) is 1.19. The zero-order chi connectivity index (χ0) is 12.3. The van der Waals surface area contributed by atoms with Crippen molar-refractivity contribution in [2.24, 2.45) is 0 Å². The second-order valence-electron chi connectivity index (χ2n) is 2.97. The molecule has 3 nitrogen and oxygen atoms in total. The van der Waals surface area contributed by atoms with Crippen LogP contribution in [0.15, 0.2) is 6.20 Å². The Morgan fingerprint density at radius 3 is 2.69 bits per heavy atom. The Balaban J connectivity index is 3.23. The first kappa shape index (κ1) is 13.3. The lowest BCUT2D eigenvalue weighted by molar-refractivity contribution is -0.136. The number of halogens is 4. The summed E-state index contributed by atoms with van der Waals surface area (Å²) in [6, 6.07) is 0. The average molecular weight is 315 g/mol. The van der Waals surface area contributed by atoms with Gasteiger partial charge < -0.3 is 5.11 Å². The van der Waals surface area contributed by atoms with E-state index in [2.05, 4.69) is 20.9 Å². The molecule has 0 saturated carbocycles. The van der Waals surface area contributed by atoms with E-state index in [1.54, 1.807) is 0 Å². The zero-order valence-electron chi connectivity index (χ0n) is 7.88. The molecular formula is C9H7BrClF2NO2. The molecule has 1 aromatic heterocycles. The normalized spacial score (nSPS) is 10.8. The van der Waals surface area contributed by atoms with Crippen LogP contribution in [0.1, 0.15) is 23.2 Å². The van der Waals surface area contributed by atoms with Crippen molar-refractivity contribution in [3.63, 3.8) is 0 Å². The maximum absolute atomic E-state index is 12.5. The monoisotopic (exact) mass is 313 g/mol. The van der Waals surface area contributed by atoms with E-state index in [1.807, 2.05) is 0 Å². The van der Waals surface area contributed by atoms with Crippen LogP contribution in [0.25, 0.3) is 0 Å². The van der Waals surface area contributed by atoms with Gasteiger partial charge in [-0.15, -0.1) is 0 Å². The van der Waals surface area contributed by atoms with Crippen LogP contribution in [0.4, 0.5) is 8.78 Å². The molecule has 0 aromatic carbocycles. The van der Waals surface area contributed by atoms with Gasteiger partial charge >= 0.3 is 5.97 Å². The first-order chi connectivity index (χ1) is 7.47. The summed E-state index contributed by atoms with van der Waals surface area (Å²) in [7, 11) is 0. The molecule has 0 aliphatic heterocycles. The molecular weight excluding hydrogens is 307 g/mol. The molecule has 7 heteroatoms. The first-order valence-corrected chi connectivity index (χ1v) is 5.69. The van der Waals surface area contributed by atoms with Crippen molar-refractivity contribution in [2.45, 2.75) is 18.2 Å². The summed E-state index contributed by atoms with van der Waals surface area (Å²) >= 11 is 8.86. The highest BCUT2D eigenvalue weighted by Gasteiger charge is 2.19. The van der Waals surface area contributed by atoms with Crippen LogP contribution in [-0.4, -0.2) is 16.1 Å². The quantitative estimate of drug-likeness (QED) is 0.868. The number of rotatable bonds is 4. The molecule has 0 radical (unpaired) electrons. The van der Waals surface area contributed by atoms with Gasteiger partial charge in [-0.2, -0.15) is 0 Å². The van der Waals surface area contributed by atoms with Gasteiger partial charge in [-0.25, -0.2) is 8.78 Å². The van der Waals surface area contributed by atoms with Crippen LogP contribution >= 0.6 is 27.5 Å². The second kappa shape index (κ2) is 5.54. The maximum Gasteiger partial charge on any atom is 0.307 e. The number of alkyl halides is 3. The first-order valence-electron chi connectivity index (χ1n) is 4.19. The molecule has 1 N–H and O–H groups in total.